The molecule has 1 saturated heterocycles. The van der Waals surface area contributed by atoms with Gasteiger partial charge in [-0.3, -0.25) is 4.79 Å². The summed E-state index contributed by atoms with van der Waals surface area (Å²) in [6.45, 7) is 3.59. The van der Waals surface area contributed by atoms with Crippen LogP contribution in [0.2, 0.25) is 0 Å². The van der Waals surface area contributed by atoms with Crippen LogP contribution >= 0.6 is 0 Å². The van der Waals surface area contributed by atoms with E-state index in [4.69, 9.17) is 14.2 Å². The SMILES string of the molecule is COc1ccc(N2CCN(C(=O)CNc3ccc4c(c3)OCO4)CC2)cc1. The molecule has 0 bridgehead atoms. The first-order valence-corrected chi connectivity index (χ1v) is 9.03. The van der Waals surface area contributed by atoms with Gasteiger partial charge >= 0.3 is 0 Å². The van der Waals surface area contributed by atoms with E-state index in [0.29, 0.717) is 18.8 Å². The van der Waals surface area contributed by atoms with Crippen LogP contribution in [0.4, 0.5) is 11.4 Å². The largest absolute Gasteiger partial charge is 0.497 e. The molecule has 1 amide bonds. The van der Waals surface area contributed by atoms with Crippen LogP contribution in [0.15, 0.2) is 42.5 Å². The zero-order chi connectivity index (χ0) is 18.6. The number of hydrogen-bond acceptors (Lipinski definition) is 6. The van der Waals surface area contributed by atoms with Crippen LogP contribution in [0.3, 0.4) is 0 Å². The Kier molecular flexibility index (Phi) is 4.91. The van der Waals surface area contributed by atoms with Crippen LogP contribution < -0.4 is 24.4 Å². The number of rotatable bonds is 5. The number of fused-ring (bicyclic) bond motifs is 1. The highest BCUT2D eigenvalue weighted by Gasteiger charge is 2.21. The Morgan fingerprint density at radius 2 is 1.78 bits per heavy atom. The third-order valence-corrected chi connectivity index (χ3v) is 4.89. The number of benzene rings is 2. The second-order valence-electron chi connectivity index (χ2n) is 6.49. The topological polar surface area (TPSA) is 63.3 Å². The number of methoxy groups -OCH3 is 1. The molecule has 2 aliphatic rings. The van der Waals surface area contributed by atoms with Crippen molar-refractivity contribution in [2.24, 2.45) is 0 Å². The third-order valence-electron chi connectivity index (χ3n) is 4.89. The first-order chi connectivity index (χ1) is 13.2. The molecule has 0 aromatic heterocycles. The van der Waals surface area contributed by atoms with Crippen molar-refractivity contribution in [1.82, 2.24) is 4.90 Å². The van der Waals surface area contributed by atoms with E-state index in [2.05, 4.69) is 22.3 Å². The lowest BCUT2D eigenvalue weighted by Gasteiger charge is -2.36. The minimum absolute atomic E-state index is 0.0991. The van der Waals surface area contributed by atoms with Crippen LogP contribution in [0.1, 0.15) is 0 Å². The quantitative estimate of drug-likeness (QED) is 0.872. The number of nitrogens with zero attached hydrogens (tertiary/aromatic N) is 2. The maximum atomic E-state index is 12.5. The van der Waals surface area contributed by atoms with Gasteiger partial charge in [-0.05, 0) is 36.4 Å². The number of carbonyl (C=O) groups excluding carboxylic acids is 1. The van der Waals surface area contributed by atoms with Crippen molar-refractivity contribution in [2.45, 2.75) is 0 Å². The summed E-state index contributed by atoms with van der Waals surface area (Å²) >= 11 is 0. The van der Waals surface area contributed by atoms with E-state index in [1.807, 2.05) is 35.2 Å². The van der Waals surface area contributed by atoms with Gasteiger partial charge in [0, 0.05) is 43.6 Å². The first kappa shape index (κ1) is 17.3. The lowest BCUT2D eigenvalue weighted by molar-refractivity contribution is -0.129. The maximum Gasteiger partial charge on any atom is 0.241 e. The van der Waals surface area contributed by atoms with Crippen molar-refractivity contribution in [2.75, 3.05) is 56.8 Å². The summed E-state index contributed by atoms with van der Waals surface area (Å²) in [4.78, 5) is 16.7. The third kappa shape index (κ3) is 3.86. The van der Waals surface area contributed by atoms with E-state index < -0.39 is 0 Å². The summed E-state index contributed by atoms with van der Waals surface area (Å²) in [5, 5.41) is 3.17. The van der Waals surface area contributed by atoms with Crippen LogP contribution in [0.25, 0.3) is 0 Å². The summed E-state index contributed by atoms with van der Waals surface area (Å²) in [5.74, 6) is 2.39. The normalized spacial score (nSPS) is 15.6. The lowest BCUT2D eigenvalue weighted by atomic mass is 10.2. The van der Waals surface area contributed by atoms with E-state index in [1.54, 1.807) is 7.11 Å². The summed E-state index contributed by atoms with van der Waals surface area (Å²) in [7, 11) is 1.66. The molecule has 4 rings (SSSR count). The first-order valence-electron chi connectivity index (χ1n) is 9.03. The van der Waals surface area contributed by atoms with Gasteiger partial charge in [-0.25, -0.2) is 0 Å². The smallest absolute Gasteiger partial charge is 0.241 e. The van der Waals surface area contributed by atoms with Gasteiger partial charge in [0.15, 0.2) is 11.5 Å². The molecule has 7 nitrogen and oxygen atoms in total. The number of amides is 1. The lowest BCUT2D eigenvalue weighted by Crippen LogP contribution is -2.50. The molecule has 0 aliphatic carbocycles. The molecule has 2 aliphatic heterocycles. The number of piperazine rings is 1. The Morgan fingerprint density at radius 3 is 2.52 bits per heavy atom. The van der Waals surface area contributed by atoms with Gasteiger partial charge in [-0.15, -0.1) is 0 Å². The van der Waals surface area contributed by atoms with E-state index in [9.17, 15) is 4.79 Å². The fraction of sp³-hybridized carbons (Fsp3) is 0.350. The van der Waals surface area contributed by atoms with E-state index in [0.717, 1.165) is 36.0 Å². The van der Waals surface area contributed by atoms with Gasteiger partial charge in [0.2, 0.25) is 12.7 Å². The molecule has 7 heteroatoms. The fourth-order valence-electron chi connectivity index (χ4n) is 3.30. The highest BCUT2D eigenvalue weighted by molar-refractivity contribution is 5.81. The Labute approximate surface area is 158 Å². The van der Waals surface area contributed by atoms with Crippen molar-refractivity contribution < 1.29 is 19.0 Å². The standard InChI is InChI=1S/C20H23N3O4/c1-25-17-5-3-16(4-6-17)22-8-10-23(11-9-22)20(24)13-21-15-2-7-18-19(12-15)27-14-26-18/h2-7,12,21H,8-11,13-14H2,1H3. The van der Waals surface area contributed by atoms with Crippen LogP contribution in [0, 0.1) is 0 Å². The predicted octanol–water partition coefficient (Wildman–Crippen LogP) is 2.18. The van der Waals surface area contributed by atoms with Gasteiger partial charge in [-0.2, -0.15) is 0 Å². The van der Waals surface area contributed by atoms with Crippen molar-refractivity contribution in [3.8, 4) is 17.2 Å². The molecule has 1 N–H and O–H groups in total. The molecule has 2 heterocycles. The highest BCUT2D eigenvalue weighted by atomic mass is 16.7. The Balaban J connectivity index is 1.27. The fourth-order valence-corrected chi connectivity index (χ4v) is 3.30. The van der Waals surface area contributed by atoms with Crippen LogP contribution in [-0.4, -0.2) is 57.4 Å². The molecule has 0 atom stereocenters. The van der Waals surface area contributed by atoms with Crippen LogP contribution in [-0.2, 0) is 4.79 Å². The Bertz CT molecular complexity index is 801. The molecule has 0 saturated carbocycles. The number of carbonyl (C=O) groups is 1. The van der Waals surface area contributed by atoms with Crippen molar-refractivity contribution in [1.29, 1.82) is 0 Å². The average molecular weight is 369 g/mol. The molecule has 142 valence electrons. The number of ether oxygens (including phenoxy) is 3. The van der Waals surface area contributed by atoms with E-state index in [1.165, 1.54) is 0 Å². The maximum absolute atomic E-state index is 12.5. The summed E-state index contributed by atoms with van der Waals surface area (Å²) in [5.41, 5.74) is 2.01. The zero-order valence-electron chi connectivity index (χ0n) is 15.3. The van der Waals surface area contributed by atoms with Gasteiger partial charge in [0.25, 0.3) is 0 Å². The average Bonchev–Trinajstić information content (AvgIpc) is 3.20. The number of anilines is 2. The van der Waals surface area contributed by atoms with Gasteiger partial charge in [-0.1, -0.05) is 0 Å². The monoisotopic (exact) mass is 369 g/mol. The molecule has 1 fully saturated rings. The van der Waals surface area contributed by atoms with Gasteiger partial charge in [0.05, 0.1) is 13.7 Å². The minimum Gasteiger partial charge on any atom is -0.497 e. The van der Waals surface area contributed by atoms with Gasteiger partial charge in [0.1, 0.15) is 5.75 Å². The predicted molar refractivity (Wildman–Crippen MR) is 103 cm³/mol. The molecule has 0 spiro atoms. The number of nitrogens with one attached hydrogen (secondary N) is 1. The van der Waals surface area contributed by atoms with E-state index >= 15 is 0 Å². The van der Waals surface area contributed by atoms with Crippen molar-refractivity contribution in [3.05, 3.63) is 42.5 Å². The highest BCUT2D eigenvalue weighted by Crippen LogP contribution is 2.34. The molecular formula is C20H23N3O4. The Hall–Kier alpha value is -3.09. The summed E-state index contributed by atoms with van der Waals surface area (Å²) < 4.78 is 15.9. The molecule has 0 unspecified atom stereocenters. The molecular weight excluding hydrogens is 346 g/mol. The van der Waals surface area contributed by atoms with E-state index in [-0.39, 0.29) is 19.2 Å². The van der Waals surface area contributed by atoms with Crippen LogP contribution in [0.5, 0.6) is 17.2 Å². The van der Waals surface area contributed by atoms with Crippen molar-refractivity contribution >= 4 is 17.3 Å². The number of hydrogen-bond donors (Lipinski definition) is 1. The molecule has 0 radical (unpaired) electrons. The zero-order valence-corrected chi connectivity index (χ0v) is 15.3. The van der Waals surface area contributed by atoms with Gasteiger partial charge < -0.3 is 29.3 Å². The second-order valence-corrected chi connectivity index (χ2v) is 6.49. The minimum atomic E-state index is 0.0991. The second kappa shape index (κ2) is 7.65. The Morgan fingerprint density at radius 1 is 1.04 bits per heavy atom. The summed E-state index contributed by atoms with van der Waals surface area (Å²) in [6.07, 6.45) is 0. The molecule has 2 aromatic rings. The molecule has 2 aromatic carbocycles. The summed E-state index contributed by atoms with van der Waals surface area (Å²) in [6, 6.07) is 13.6. The van der Waals surface area contributed by atoms with Crippen molar-refractivity contribution in [3.63, 3.8) is 0 Å². The molecule has 27 heavy (non-hydrogen) atoms.